The Balaban J connectivity index is 1.80. The van der Waals surface area contributed by atoms with E-state index in [-0.39, 0.29) is 5.82 Å². The lowest BCUT2D eigenvalue weighted by atomic mass is 10.0. The van der Waals surface area contributed by atoms with Crippen molar-refractivity contribution in [1.82, 2.24) is 5.32 Å². The maximum Gasteiger partial charge on any atom is 0.135 e. The van der Waals surface area contributed by atoms with Gasteiger partial charge in [-0.25, -0.2) is 4.39 Å². The molecule has 4 rings (SSSR count). The van der Waals surface area contributed by atoms with Crippen LogP contribution in [0.2, 0.25) is 0 Å². The van der Waals surface area contributed by atoms with Gasteiger partial charge in [-0.1, -0.05) is 0 Å². The molecule has 1 saturated heterocycles. The summed E-state index contributed by atoms with van der Waals surface area (Å²) in [5.41, 5.74) is 2.83. The van der Waals surface area contributed by atoms with E-state index in [0.29, 0.717) is 6.04 Å². The minimum absolute atomic E-state index is 0.249. The molecule has 1 aromatic heterocycles. The molecule has 0 bridgehead atoms. The van der Waals surface area contributed by atoms with Crippen molar-refractivity contribution in [1.29, 1.82) is 0 Å². The third-order valence-electron chi connectivity index (χ3n) is 4.43. The van der Waals surface area contributed by atoms with Gasteiger partial charge in [0.05, 0.1) is 7.11 Å². The highest BCUT2D eigenvalue weighted by Crippen LogP contribution is 2.37. The standard InChI is InChI=1S/C19H18FNO2/c1-22-19-10-13-9-17(12-4-6-14(20)7-5-12)23-18(13)11-15(19)16-3-2-8-21-16/h4-7,9-11,16,21H,2-3,8H2,1H3. The first kappa shape index (κ1) is 14.3. The van der Waals surface area contributed by atoms with E-state index >= 15 is 0 Å². The fourth-order valence-electron chi connectivity index (χ4n) is 3.24. The van der Waals surface area contributed by atoms with Gasteiger partial charge in [-0.15, -0.1) is 0 Å². The fourth-order valence-corrected chi connectivity index (χ4v) is 3.24. The second-order valence-electron chi connectivity index (χ2n) is 5.90. The van der Waals surface area contributed by atoms with E-state index in [1.165, 1.54) is 18.6 Å². The Kier molecular flexibility index (Phi) is 3.54. The van der Waals surface area contributed by atoms with Crippen molar-refractivity contribution in [3.8, 4) is 17.1 Å². The second-order valence-corrected chi connectivity index (χ2v) is 5.90. The van der Waals surface area contributed by atoms with E-state index < -0.39 is 0 Å². The summed E-state index contributed by atoms with van der Waals surface area (Å²) in [5, 5.41) is 4.48. The molecule has 3 nitrogen and oxygen atoms in total. The molecule has 1 unspecified atom stereocenters. The lowest BCUT2D eigenvalue weighted by molar-refractivity contribution is 0.404. The maximum atomic E-state index is 13.1. The Hall–Kier alpha value is -2.33. The first-order valence-electron chi connectivity index (χ1n) is 7.85. The number of methoxy groups -OCH3 is 1. The molecule has 0 saturated carbocycles. The van der Waals surface area contributed by atoms with E-state index in [4.69, 9.17) is 9.15 Å². The molecule has 0 amide bonds. The molecule has 1 atom stereocenters. The van der Waals surface area contributed by atoms with Crippen molar-refractivity contribution in [3.05, 3.63) is 53.8 Å². The molecule has 118 valence electrons. The van der Waals surface area contributed by atoms with E-state index in [1.807, 2.05) is 12.1 Å². The number of fused-ring (bicyclic) bond motifs is 1. The normalized spacial score (nSPS) is 17.7. The van der Waals surface area contributed by atoms with Crippen molar-refractivity contribution in [2.24, 2.45) is 0 Å². The number of benzene rings is 2. The summed E-state index contributed by atoms with van der Waals surface area (Å²) in [6, 6.07) is 12.7. The molecule has 1 N–H and O–H groups in total. The van der Waals surface area contributed by atoms with Gasteiger partial charge in [0.15, 0.2) is 0 Å². The van der Waals surface area contributed by atoms with Crippen LogP contribution in [0.3, 0.4) is 0 Å². The Bertz CT molecular complexity index is 832. The van der Waals surface area contributed by atoms with Crippen molar-refractivity contribution >= 4 is 11.0 Å². The molecule has 23 heavy (non-hydrogen) atoms. The van der Waals surface area contributed by atoms with E-state index in [2.05, 4.69) is 11.4 Å². The fraction of sp³-hybridized carbons (Fsp3) is 0.263. The van der Waals surface area contributed by atoms with Crippen LogP contribution >= 0.6 is 0 Å². The molecule has 0 spiro atoms. The van der Waals surface area contributed by atoms with Gasteiger partial charge in [-0.3, -0.25) is 0 Å². The maximum absolute atomic E-state index is 13.1. The summed E-state index contributed by atoms with van der Waals surface area (Å²) in [6.45, 7) is 1.03. The zero-order valence-electron chi connectivity index (χ0n) is 12.9. The Morgan fingerprint density at radius 2 is 2.00 bits per heavy atom. The van der Waals surface area contributed by atoms with Crippen LogP contribution in [0.1, 0.15) is 24.4 Å². The second kappa shape index (κ2) is 5.70. The molecule has 1 aliphatic rings. The molecule has 2 aromatic carbocycles. The Labute approximate surface area is 134 Å². The zero-order valence-corrected chi connectivity index (χ0v) is 12.9. The lowest BCUT2D eigenvalue weighted by Gasteiger charge is -2.14. The molecule has 0 aliphatic carbocycles. The van der Waals surface area contributed by atoms with Crippen molar-refractivity contribution in [2.75, 3.05) is 13.7 Å². The highest BCUT2D eigenvalue weighted by molar-refractivity contribution is 5.85. The monoisotopic (exact) mass is 311 g/mol. The molecule has 2 heterocycles. The summed E-state index contributed by atoms with van der Waals surface area (Å²) < 4.78 is 24.6. The number of ether oxygens (including phenoxy) is 1. The molecular formula is C19H18FNO2. The van der Waals surface area contributed by atoms with Gasteiger partial charge >= 0.3 is 0 Å². The van der Waals surface area contributed by atoms with Gasteiger partial charge in [0, 0.05) is 22.6 Å². The van der Waals surface area contributed by atoms with Crippen molar-refractivity contribution in [2.45, 2.75) is 18.9 Å². The van der Waals surface area contributed by atoms with Crippen LogP contribution in [0, 0.1) is 5.82 Å². The van der Waals surface area contributed by atoms with E-state index in [0.717, 1.165) is 46.6 Å². The largest absolute Gasteiger partial charge is 0.496 e. The predicted octanol–water partition coefficient (Wildman–Crippen LogP) is 4.67. The summed E-state index contributed by atoms with van der Waals surface area (Å²) in [7, 11) is 1.70. The van der Waals surface area contributed by atoms with Gasteiger partial charge < -0.3 is 14.5 Å². The van der Waals surface area contributed by atoms with Crippen LogP contribution in [0.25, 0.3) is 22.3 Å². The number of furan rings is 1. The zero-order chi connectivity index (χ0) is 15.8. The van der Waals surface area contributed by atoms with Crippen LogP contribution in [-0.4, -0.2) is 13.7 Å². The number of halogens is 1. The van der Waals surface area contributed by atoms with Crippen LogP contribution in [-0.2, 0) is 0 Å². The molecule has 4 heteroatoms. The van der Waals surface area contributed by atoms with Gasteiger partial charge in [0.25, 0.3) is 0 Å². The van der Waals surface area contributed by atoms with Gasteiger partial charge in [0.1, 0.15) is 22.9 Å². The number of rotatable bonds is 3. The summed E-state index contributed by atoms with van der Waals surface area (Å²) in [6.07, 6.45) is 2.28. The van der Waals surface area contributed by atoms with Crippen LogP contribution in [0.15, 0.2) is 46.9 Å². The van der Waals surface area contributed by atoms with Crippen molar-refractivity contribution < 1.29 is 13.5 Å². The number of nitrogens with one attached hydrogen (secondary N) is 1. The topological polar surface area (TPSA) is 34.4 Å². The third-order valence-corrected chi connectivity index (χ3v) is 4.43. The minimum atomic E-state index is -0.249. The van der Waals surface area contributed by atoms with Crippen molar-refractivity contribution in [3.63, 3.8) is 0 Å². The first-order chi connectivity index (χ1) is 11.2. The minimum Gasteiger partial charge on any atom is -0.496 e. The molecule has 3 aromatic rings. The Morgan fingerprint density at radius 1 is 1.17 bits per heavy atom. The van der Waals surface area contributed by atoms with E-state index in [9.17, 15) is 4.39 Å². The van der Waals surface area contributed by atoms with Gasteiger partial charge in [-0.2, -0.15) is 0 Å². The average molecular weight is 311 g/mol. The highest BCUT2D eigenvalue weighted by Gasteiger charge is 2.21. The third kappa shape index (κ3) is 2.59. The molecule has 0 radical (unpaired) electrons. The number of hydrogen-bond acceptors (Lipinski definition) is 3. The summed E-state index contributed by atoms with van der Waals surface area (Å²) in [5.74, 6) is 1.36. The summed E-state index contributed by atoms with van der Waals surface area (Å²) >= 11 is 0. The van der Waals surface area contributed by atoms with Gasteiger partial charge in [0.2, 0.25) is 0 Å². The quantitative estimate of drug-likeness (QED) is 0.763. The SMILES string of the molecule is COc1cc2cc(-c3ccc(F)cc3)oc2cc1C1CCCN1. The highest BCUT2D eigenvalue weighted by atomic mass is 19.1. The van der Waals surface area contributed by atoms with Gasteiger partial charge in [-0.05, 0) is 61.9 Å². The Morgan fingerprint density at radius 3 is 2.70 bits per heavy atom. The predicted molar refractivity (Wildman–Crippen MR) is 88.1 cm³/mol. The van der Waals surface area contributed by atoms with Crippen LogP contribution in [0.4, 0.5) is 4.39 Å². The smallest absolute Gasteiger partial charge is 0.135 e. The lowest BCUT2D eigenvalue weighted by Crippen LogP contribution is -2.13. The number of hydrogen-bond donors (Lipinski definition) is 1. The summed E-state index contributed by atoms with van der Waals surface area (Å²) in [4.78, 5) is 0. The molecule has 1 aliphatic heterocycles. The van der Waals surface area contributed by atoms with E-state index in [1.54, 1.807) is 19.2 Å². The van der Waals surface area contributed by atoms with Crippen LogP contribution < -0.4 is 10.1 Å². The van der Waals surface area contributed by atoms with Crippen LogP contribution in [0.5, 0.6) is 5.75 Å². The molecule has 1 fully saturated rings. The average Bonchev–Trinajstić information content (AvgIpc) is 3.23. The molecular weight excluding hydrogens is 293 g/mol. The first-order valence-corrected chi connectivity index (χ1v) is 7.85.